The molecule has 0 radical (unpaired) electrons. The second-order valence-corrected chi connectivity index (χ2v) is 14.3. The number of carbonyl (C=O) groups excluding carboxylic acids is 4. The number of nitrogens with one attached hydrogen (secondary N) is 4. The number of H-pyrrole nitrogens is 1. The average molecular weight is 794 g/mol. The normalized spacial score (nSPS) is 14.0. The number of imidazole rings is 1. The summed E-state index contributed by atoms with van der Waals surface area (Å²) in [5, 5.41) is 16.2. The molecule has 3 atom stereocenters. The van der Waals surface area contributed by atoms with Crippen LogP contribution in [0.15, 0.2) is 48.8 Å². The summed E-state index contributed by atoms with van der Waals surface area (Å²) in [6, 6.07) is 11.7. The van der Waals surface area contributed by atoms with Crippen LogP contribution in [0.4, 0.5) is 0 Å². The number of hydrogen-bond acceptors (Lipinski definition) is 9. The Morgan fingerprint density at radius 1 is 0.982 bits per heavy atom. The van der Waals surface area contributed by atoms with Crippen molar-refractivity contribution in [2.45, 2.75) is 106 Å². The van der Waals surface area contributed by atoms with E-state index in [4.69, 9.17) is 14.7 Å². The molecule has 14 nitrogen and oxygen atoms in total. The highest BCUT2D eigenvalue weighted by molar-refractivity contribution is 5.89. The van der Waals surface area contributed by atoms with Crippen LogP contribution in [-0.4, -0.2) is 95.0 Å². The maximum Gasteiger partial charge on any atom is 0.300 e. The third-order valence-electron chi connectivity index (χ3n) is 9.11. The van der Waals surface area contributed by atoms with Crippen molar-refractivity contribution in [2.75, 3.05) is 33.8 Å². The number of pyridine rings is 1. The number of nitrogens with zero attached hydrogens (tertiary/aromatic N) is 3. The molecule has 2 aromatic heterocycles. The fourth-order valence-electron chi connectivity index (χ4n) is 6.26. The Morgan fingerprint density at radius 2 is 1.61 bits per heavy atom. The number of carboxylic acids is 1. The SMILES string of the molecule is CC(=O)O.CCC.CCC(C)C(C(=O)N1CCCC1C(=O)NCc1ccc(-c2ccc(-c3cnc(CCCCNC(=O)CNC)[nH]3)cn2)cc1)C(C)C.COC=O. The van der Waals surface area contributed by atoms with Gasteiger partial charge in [0.15, 0.2) is 0 Å². The first-order chi connectivity index (χ1) is 27.3. The third kappa shape index (κ3) is 18.6. The zero-order valence-electron chi connectivity index (χ0n) is 35.5. The predicted molar refractivity (Wildman–Crippen MR) is 224 cm³/mol. The van der Waals surface area contributed by atoms with Crippen molar-refractivity contribution in [3.8, 4) is 22.5 Å². The van der Waals surface area contributed by atoms with Gasteiger partial charge >= 0.3 is 0 Å². The van der Waals surface area contributed by atoms with Gasteiger partial charge in [-0.05, 0) is 62.3 Å². The van der Waals surface area contributed by atoms with E-state index < -0.39 is 12.0 Å². The highest BCUT2D eigenvalue weighted by Gasteiger charge is 2.39. The van der Waals surface area contributed by atoms with Crippen LogP contribution in [0.1, 0.15) is 98.4 Å². The number of hydrogen-bond donors (Lipinski definition) is 5. The van der Waals surface area contributed by atoms with Gasteiger partial charge in [0.1, 0.15) is 11.9 Å². The minimum Gasteiger partial charge on any atom is -0.481 e. The Bertz CT molecular complexity index is 1610. The van der Waals surface area contributed by atoms with Gasteiger partial charge in [-0.3, -0.25) is 29.0 Å². The number of benzene rings is 1. The summed E-state index contributed by atoms with van der Waals surface area (Å²) < 4.78 is 3.86. The number of aliphatic carboxylic acids is 1. The van der Waals surface area contributed by atoms with Gasteiger partial charge in [-0.1, -0.05) is 78.6 Å². The first-order valence-electron chi connectivity index (χ1n) is 20.0. The molecule has 3 heterocycles. The number of amides is 3. The Balaban J connectivity index is 0.00000131. The van der Waals surface area contributed by atoms with Gasteiger partial charge in [0.2, 0.25) is 17.7 Å². The lowest BCUT2D eigenvalue weighted by atomic mass is 9.81. The molecule has 5 N–H and O–H groups in total. The molecule has 1 fully saturated rings. The number of likely N-dealkylation sites (tertiary alicyclic amines) is 1. The number of carboxylic acid groups (broad SMARTS) is 1. The number of aromatic amines is 1. The summed E-state index contributed by atoms with van der Waals surface area (Å²) in [5.41, 5.74) is 4.73. The fourth-order valence-corrected chi connectivity index (χ4v) is 6.26. The van der Waals surface area contributed by atoms with E-state index in [0.29, 0.717) is 39.1 Å². The van der Waals surface area contributed by atoms with Crippen LogP contribution in [-0.2, 0) is 41.7 Å². The van der Waals surface area contributed by atoms with Crippen LogP contribution < -0.4 is 16.0 Å². The highest BCUT2D eigenvalue weighted by atomic mass is 16.5. The van der Waals surface area contributed by atoms with E-state index in [-0.39, 0.29) is 35.5 Å². The van der Waals surface area contributed by atoms with Crippen molar-refractivity contribution in [3.05, 3.63) is 60.2 Å². The molecule has 0 saturated carbocycles. The molecular formula is C43H67N7O7. The van der Waals surface area contributed by atoms with Crippen molar-refractivity contribution >= 4 is 30.2 Å². The molecule has 57 heavy (non-hydrogen) atoms. The first kappa shape index (κ1) is 49.9. The zero-order valence-corrected chi connectivity index (χ0v) is 35.5. The Labute approximate surface area is 339 Å². The van der Waals surface area contributed by atoms with E-state index >= 15 is 0 Å². The first-order valence-corrected chi connectivity index (χ1v) is 20.0. The monoisotopic (exact) mass is 794 g/mol. The molecule has 1 aromatic carbocycles. The molecule has 0 bridgehead atoms. The molecule has 1 aliphatic rings. The molecule has 14 heteroatoms. The van der Waals surface area contributed by atoms with Gasteiger partial charge in [0, 0.05) is 56.2 Å². The van der Waals surface area contributed by atoms with Gasteiger partial charge in [0.25, 0.3) is 12.4 Å². The van der Waals surface area contributed by atoms with E-state index in [2.05, 4.69) is 77.2 Å². The molecule has 3 unspecified atom stereocenters. The number of aromatic nitrogens is 3. The largest absolute Gasteiger partial charge is 0.481 e. The highest BCUT2D eigenvalue weighted by Crippen LogP contribution is 2.30. The number of likely N-dealkylation sites (N-methyl/N-ethyl adjacent to an activating group) is 1. The lowest BCUT2D eigenvalue weighted by Crippen LogP contribution is -2.49. The Morgan fingerprint density at radius 3 is 2.16 bits per heavy atom. The minimum atomic E-state index is -0.833. The smallest absolute Gasteiger partial charge is 0.300 e. The standard InChI is InChI=1S/C36H51N7O3.C3H8.2C2H4O2/c1-6-25(4)34(24(2)3)36(46)43-19-9-10-31(43)35(45)41-20-26-12-14-27(15-13-26)29-17-16-28(21-39-29)30-22-40-32(42-30)11-7-8-18-38-33(44)23-37-5;1-3-2;1-4-2-3;1-2(3)4/h12-17,21-22,24-25,31,34,37H,6-11,18-20,23H2,1-5H3,(H,38,44)(H,40,42)(H,41,45);3H2,1-2H3;2H,1H3;1H3,(H,3,4). The minimum absolute atomic E-state index is 0.0107. The fraction of sp³-hybridized carbons (Fsp3) is 0.558. The second-order valence-electron chi connectivity index (χ2n) is 14.3. The summed E-state index contributed by atoms with van der Waals surface area (Å²) in [6.07, 6.45) is 10.1. The van der Waals surface area contributed by atoms with Gasteiger partial charge < -0.3 is 35.7 Å². The summed E-state index contributed by atoms with van der Waals surface area (Å²) in [4.78, 5) is 70.5. The van der Waals surface area contributed by atoms with Crippen LogP contribution in [0, 0.1) is 17.8 Å². The van der Waals surface area contributed by atoms with E-state index in [1.807, 2.05) is 53.7 Å². The molecule has 4 rings (SSSR count). The molecule has 1 aliphatic heterocycles. The van der Waals surface area contributed by atoms with E-state index in [1.165, 1.54) is 13.5 Å². The number of methoxy groups -OCH3 is 1. The number of aryl methyl sites for hydroxylation is 1. The van der Waals surface area contributed by atoms with E-state index in [0.717, 1.165) is 72.9 Å². The molecule has 1 saturated heterocycles. The van der Waals surface area contributed by atoms with Gasteiger partial charge in [0.05, 0.1) is 31.2 Å². The number of unbranched alkanes of at least 4 members (excludes halogenated alkanes) is 1. The third-order valence-corrected chi connectivity index (χ3v) is 9.11. The topological polar surface area (TPSA) is 196 Å². The summed E-state index contributed by atoms with van der Waals surface area (Å²) in [7, 11) is 3.07. The Kier molecular flexibility index (Phi) is 24.8. The predicted octanol–water partition coefficient (Wildman–Crippen LogP) is 6.02. The van der Waals surface area contributed by atoms with Gasteiger partial charge in [-0.15, -0.1) is 0 Å². The lowest BCUT2D eigenvalue weighted by Gasteiger charge is -2.33. The van der Waals surface area contributed by atoms with Crippen molar-refractivity contribution in [3.63, 3.8) is 0 Å². The molecule has 3 aromatic rings. The number of rotatable bonds is 17. The van der Waals surface area contributed by atoms with Gasteiger partial charge in [-0.25, -0.2) is 4.98 Å². The summed E-state index contributed by atoms with van der Waals surface area (Å²) in [5.74, 6) is 0.614. The Hall–Kier alpha value is -5.11. The number of carbonyl (C=O) groups is 5. The average Bonchev–Trinajstić information content (AvgIpc) is 3.88. The van der Waals surface area contributed by atoms with Crippen molar-refractivity contribution in [1.29, 1.82) is 0 Å². The van der Waals surface area contributed by atoms with Crippen molar-refractivity contribution in [1.82, 2.24) is 35.8 Å². The zero-order chi connectivity index (χ0) is 42.8. The molecule has 316 valence electrons. The van der Waals surface area contributed by atoms with Gasteiger partial charge in [-0.2, -0.15) is 0 Å². The summed E-state index contributed by atoms with van der Waals surface area (Å²) >= 11 is 0. The van der Waals surface area contributed by atoms with Crippen LogP contribution in [0.25, 0.3) is 22.5 Å². The maximum absolute atomic E-state index is 13.5. The number of ether oxygens (including phenoxy) is 1. The van der Waals surface area contributed by atoms with Crippen LogP contribution in [0.3, 0.4) is 0 Å². The quantitative estimate of drug-likeness (QED) is 0.0797. The summed E-state index contributed by atoms with van der Waals surface area (Å²) in [6.45, 7) is 16.2. The lowest BCUT2D eigenvalue weighted by molar-refractivity contribution is -0.144. The molecular weight excluding hydrogens is 727 g/mol. The maximum atomic E-state index is 13.5. The molecule has 3 amide bonds. The van der Waals surface area contributed by atoms with Crippen LogP contribution in [0.5, 0.6) is 0 Å². The van der Waals surface area contributed by atoms with Crippen molar-refractivity contribution in [2.24, 2.45) is 17.8 Å². The van der Waals surface area contributed by atoms with Crippen LogP contribution in [0.2, 0.25) is 0 Å². The van der Waals surface area contributed by atoms with E-state index in [1.54, 1.807) is 7.05 Å². The molecule has 0 aliphatic carbocycles. The second kappa shape index (κ2) is 28.3. The van der Waals surface area contributed by atoms with Crippen molar-refractivity contribution < 1.29 is 33.8 Å². The van der Waals surface area contributed by atoms with Crippen LogP contribution >= 0.6 is 0 Å². The van der Waals surface area contributed by atoms with E-state index in [9.17, 15) is 14.4 Å². The molecule has 0 spiro atoms.